The average molecular weight is 273 g/mol. The maximum Gasteiger partial charge on any atom is 0.337 e. The molecule has 0 unspecified atom stereocenters. The maximum atomic E-state index is 11.5. The molecule has 1 aromatic carbocycles. The Morgan fingerprint density at radius 3 is 2.95 bits per heavy atom. The summed E-state index contributed by atoms with van der Waals surface area (Å²) >= 11 is 0. The molecule has 0 saturated carbocycles. The quantitative estimate of drug-likeness (QED) is 0.850. The van der Waals surface area contributed by atoms with Gasteiger partial charge in [0.15, 0.2) is 0 Å². The van der Waals surface area contributed by atoms with Gasteiger partial charge in [-0.1, -0.05) is 13.0 Å². The van der Waals surface area contributed by atoms with Crippen LogP contribution in [0.25, 0.3) is 0 Å². The molecule has 0 saturated heterocycles. The van der Waals surface area contributed by atoms with Crippen LogP contribution in [0.4, 0.5) is 5.69 Å². The summed E-state index contributed by atoms with van der Waals surface area (Å²) in [6.07, 6.45) is 2.91. The van der Waals surface area contributed by atoms with Crippen LogP contribution < -0.4 is 5.32 Å². The molecule has 2 aromatic rings. The second-order valence-electron chi connectivity index (χ2n) is 4.55. The van der Waals surface area contributed by atoms with Crippen molar-refractivity contribution in [1.29, 1.82) is 0 Å². The third kappa shape index (κ3) is 3.17. The van der Waals surface area contributed by atoms with Crippen molar-refractivity contribution in [2.45, 2.75) is 19.9 Å². The molecule has 0 bridgehead atoms. The number of rotatable bonds is 5. The highest BCUT2D eigenvalue weighted by Gasteiger charge is 2.07. The van der Waals surface area contributed by atoms with Gasteiger partial charge < -0.3 is 10.1 Å². The van der Waals surface area contributed by atoms with Gasteiger partial charge in [0.2, 0.25) is 0 Å². The molecule has 0 fully saturated rings. The van der Waals surface area contributed by atoms with Crippen molar-refractivity contribution in [3.8, 4) is 0 Å². The molecule has 0 spiro atoms. The van der Waals surface area contributed by atoms with Crippen LogP contribution >= 0.6 is 0 Å². The highest BCUT2D eigenvalue weighted by Crippen LogP contribution is 2.14. The van der Waals surface area contributed by atoms with E-state index in [4.69, 9.17) is 4.74 Å². The summed E-state index contributed by atoms with van der Waals surface area (Å²) in [4.78, 5) is 11.5. The summed E-state index contributed by atoms with van der Waals surface area (Å²) in [7, 11) is 3.30. The molecule has 0 aliphatic carbocycles. The van der Waals surface area contributed by atoms with Crippen molar-refractivity contribution >= 4 is 11.7 Å². The molecular formula is C15H19N3O2. The van der Waals surface area contributed by atoms with Crippen molar-refractivity contribution in [1.82, 2.24) is 9.78 Å². The number of hydrogen-bond donors (Lipinski definition) is 1. The monoisotopic (exact) mass is 273 g/mol. The normalized spacial score (nSPS) is 10.3. The summed E-state index contributed by atoms with van der Waals surface area (Å²) < 4.78 is 6.53. The zero-order valence-electron chi connectivity index (χ0n) is 12.0. The second-order valence-corrected chi connectivity index (χ2v) is 4.55. The first-order valence-electron chi connectivity index (χ1n) is 6.57. The van der Waals surface area contributed by atoms with Crippen LogP contribution in [0.15, 0.2) is 30.5 Å². The predicted octanol–water partition coefficient (Wildman–Crippen LogP) is 2.38. The van der Waals surface area contributed by atoms with Crippen molar-refractivity contribution in [3.05, 3.63) is 47.3 Å². The van der Waals surface area contributed by atoms with E-state index in [9.17, 15) is 4.79 Å². The number of aromatic nitrogens is 2. The minimum absolute atomic E-state index is 0.329. The van der Waals surface area contributed by atoms with Crippen molar-refractivity contribution in [2.75, 3.05) is 12.4 Å². The number of aryl methyl sites for hydroxylation is 2. The Morgan fingerprint density at radius 2 is 2.25 bits per heavy atom. The number of methoxy groups -OCH3 is 1. The van der Waals surface area contributed by atoms with Gasteiger partial charge in [0.05, 0.1) is 18.4 Å². The molecular weight excluding hydrogens is 254 g/mol. The number of hydrogen-bond acceptors (Lipinski definition) is 4. The zero-order valence-corrected chi connectivity index (χ0v) is 12.0. The van der Waals surface area contributed by atoms with Gasteiger partial charge in [0.1, 0.15) is 0 Å². The Hall–Kier alpha value is -2.30. The third-order valence-electron chi connectivity index (χ3n) is 3.09. The van der Waals surface area contributed by atoms with E-state index in [2.05, 4.69) is 17.3 Å². The Morgan fingerprint density at radius 1 is 1.45 bits per heavy atom. The van der Waals surface area contributed by atoms with E-state index in [-0.39, 0.29) is 5.97 Å². The number of anilines is 1. The number of benzene rings is 1. The lowest BCUT2D eigenvalue weighted by Crippen LogP contribution is -2.04. The molecule has 20 heavy (non-hydrogen) atoms. The number of nitrogens with one attached hydrogen (secondary N) is 1. The second kappa shape index (κ2) is 6.23. The van der Waals surface area contributed by atoms with E-state index >= 15 is 0 Å². The van der Waals surface area contributed by atoms with Gasteiger partial charge in [0.25, 0.3) is 0 Å². The molecule has 2 rings (SSSR count). The van der Waals surface area contributed by atoms with Crippen LogP contribution in [0.5, 0.6) is 0 Å². The maximum absolute atomic E-state index is 11.5. The van der Waals surface area contributed by atoms with Gasteiger partial charge in [-0.3, -0.25) is 4.68 Å². The lowest BCUT2D eigenvalue weighted by molar-refractivity contribution is 0.0601. The van der Waals surface area contributed by atoms with Crippen LogP contribution in [0.3, 0.4) is 0 Å². The first kappa shape index (κ1) is 14.1. The molecule has 1 N–H and O–H groups in total. The molecule has 106 valence electrons. The lowest BCUT2D eigenvalue weighted by atomic mass is 10.2. The standard InChI is InChI=1S/C15H19N3O2/c1-4-14-12(10-18(2)17-14)9-16-13-7-5-6-11(8-13)15(19)20-3/h5-8,10,16H,4,9H2,1-3H3. The van der Waals surface area contributed by atoms with Crippen molar-refractivity contribution in [3.63, 3.8) is 0 Å². The summed E-state index contributed by atoms with van der Waals surface area (Å²) in [5.41, 5.74) is 3.68. The Balaban J connectivity index is 2.09. The Labute approximate surface area is 118 Å². The molecule has 0 aliphatic rings. The average Bonchev–Trinajstić information content (AvgIpc) is 2.84. The third-order valence-corrected chi connectivity index (χ3v) is 3.09. The summed E-state index contributed by atoms with van der Waals surface area (Å²) in [5, 5.41) is 7.71. The number of nitrogens with zero attached hydrogens (tertiary/aromatic N) is 2. The van der Waals surface area contributed by atoms with E-state index in [1.807, 2.05) is 30.1 Å². The summed E-state index contributed by atoms with van der Waals surface area (Å²) in [5.74, 6) is -0.329. The van der Waals surface area contributed by atoms with E-state index in [1.165, 1.54) is 12.7 Å². The fraction of sp³-hybridized carbons (Fsp3) is 0.333. The molecule has 0 aliphatic heterocycles. The van der Waals surface area contributed by atoms with Crippen LogP contribution in [-0.4, -0.2) is 22.9 Å². The first-order chi connectivity index (χ1) is 9.63. The number of esters is 1. The van der Waals surface area contributed by atoms with Gasteiger partial charge in [-0.2, -0.15) is 5.10 Å². The molecule has 0 radical (unpaired) electrons. The van der Waals surface area contributed by atoms with E-state index < -0.39 is 0 Å². The highest BCUT2D eigenvalue weighted by molar-refractivity contribution is 5.90. The number of carbonyl (C=O) groups excluding carboxylic acids is 1. The molecule has 1 aromatic heterocycles. The molecule has 5 heteroatoms. The van der Waals surface area contributed by atoms with E-state index in [0.29, 0.717) is 12.1 Å². The van der Waals surface area contributed by atoms with Crippen LogP contribution in [0.1, 0.15) is 28.5 Å². The lowest BCUT2D eigenvalue weighted by Gasteiger charge is -2.07. The van der Waals surface area contributed by atoms with E-state index in [1.54, 1.807) is 12.1 Å². The summed E-state index contributed by atoms with van der Waals surface area (Å²) in [6, 6.07) is 7.28. The Kier molecular flexibility index (Phi) is 4.40. The van der Waals surface area contributed by atoms with Gasteiger partial charge in [-0.05, 0) is 24.6 Å². The molecule has 1 heterocycles. The highest BCUT2D eigenvalue weighted by atomic mass is 16.5. The van der Waals surface area contributed by atoms with Gasteiger partial charge in [-0.25, -0.2) is 4.79 Å². The van der Waals surface area contributed by atoms with Crippen LogP contribution in [-0.2, 0) is 24.8 Å². The fourth-order valence-electron chi connectivity index (χ4n) is 2.10. The largest absolute Gasteiger partial charge is 0.465 e. The van der Waals surface area contributed by atoms with Gasteiger partial charge >= 0.3 is 5.97 Å². The topological polar surface area (TPSA) is 56.2 Å². The molecule has 0 atom stereocenters. The number of carbonyl (C=O) groups is 1. The van der Waals surface area contributed by atoms with Crippen LogP contribution in [0.2, 0.25) is 0 Å². The Bertz CT molecular complexity index is 605. The van der Waals surface area contributed by atoms with Crippen LogP contribution in [0, 0.1) is 0 Å². The molecule has 0 amide bonds. The predicted molar refractivity (Wildman–Crippen MR) is 77.7 cm³/mol. The zero-order chi connectivity index (χ0) is 14.5. The molecule has 5 nitrogen and oxygen atoms in total. The van der Waals surface area contributed by atoms with Crippen molar-refractivity contribution < 1.29 is 9.53 Å². The van der Waals surface area contributed by atoms with Gasteiger partial charge in [-0.15, -0.1) is 0 Å². The first-order valence-corrected chi connectivity index (χ1v) is 6.57. The van der Waals surface area contributed by atoms with E-state index in [0.717, 1.165) is 17.8 Å². The smallest absolute Gasteiger partial charge is 0.337 e. The fourth-order valence-corrected chi connectivity index (χ4v) is 2.10. The SMILES string of the molecule is CCc1nn(C)cc1CNc1cccc(C(=O)OC)c1. The minimum atomic E-state index is -0.329. The minimum Gasteiger partial charge on any atom is -0.465 e. The van der Waals surface area contributed by atoms with Gasteiger partial charge in [0, 0.05) is 31.0 Å². The number of ether oxygens (including phenoxy) is 1. The summed E-state index contributed by atoms with van der Waals surface area (Å²) in [6.45, 7) is 2.77. The van der Waals surface area contributed by atoms with Crippen molar-refractivity contribution in [2.24, 2.45) is 7.05 Å².